The molecule has 0 fully saturated rings. The largest absolute Gasteiger partial charge is 0.618 e. The van der Waals surface area contributed by atoms with E-state index in [4.69, 9.17) is 5.73 Å². The summed E-state index contributed by atoms with van der Waals surface area (Å²) in [6.45, 7) is 0. The van der Waals surface area contributed by atoms with E-state index in [1.807, 2.05) is 0 Å². The lowest BCUT2D eigenvalue weighted by Gasteiger charge is -2.01. The number of hydrogen-bond donors (Lipinski definition) is 1. The molecule has 2 aromatic rings. The maximum atomic E-state index is 11.3. The van der Waals surface area contributed by atoms with E-state index in [2.05, 4.69) is 9.97 Å². The number of aromatic nitrogens is 3. The van der Waals surface area contributed by atoms with Gasteiger partial charge in [0, 0.05) is 18.3 Å². The number of nitrogen functional groups attached to an aromatic ring is 1. The maximum Gasteiger partial charge on any atom is 0.261 e. The highest BCUT2D eigenvalue weighted by atomic mass is 16.5. The molecule has 0 saturated carbocycles. The molecule has 2 aromatic heterocycles. The van der Waals surface area contributed by atoms with Crippen molar-refractivity contribution in [3.05, 3.63) is 41.9 Å². The fourth-order valence-corrected chi connectivity index (χ4v) is 1.10. The average Bonchev–Trinajstić information content (AvgIpc) is 2.18. The molecule has 5 heteroatoms. The standard InChI is InChI=1S/C9H8N4O/c10-8-4-5-11-9(12-8)7-3-1-2-6-13(7)14/h1-6H,(H2,10,11,12). The highest BCUT2D eigenvalue weighted by molar-refractivity contribution is 5.47. The van der Waals surface area contributed by atoms with Gasteiger partial charge in [-0.3, -0.25) is 0 Å². The van der Waals surface area contributed by atoms with E-state index in [0.717, 1.165) is 0 Å². The molecule has 5 nitrogen and oxygen atoms in total. The lowest BCUT2D eigenvalue weighted by atomic mass is 10.3. The molecule has 0 unspecified atom stereocenters. The minimum atomic E-state index is 0.334. The van der Waals surface area contributed by atoms with E-state index in [0.29, 0.717) is 22.1 Å². The third-order valence-electron chi connectivity index (χ3n) is 1.73. The Morgan fingerprint density at radius 3 is 2.86 bits per heavy atom. The zero-order chi connectivity index (χ0) is 9.97. The topological polar surface area (TPSA) is 78.7 Å². The van der Waals surface area contributed by atoms with E-state index in [1.54, 1.807) is 24.3 Å². The first-order valence-electron chi connectivity index (χ1n) is 4.04. The highest BCUT2D eigenvalue weighted by Crippen LogP contribution is 2.09. The summed E-state index contributed by atoms with van der Waals surface area (Å²) in [6.07, 6.45) is 2.91. The maximum absolute atomic E-state index is 11.3. The minimum absolute atomic E-state index is 0.334. The first-order valence-corrected chi connectivity index (χ1v) is 4.04. The van der Waals surface area contributed by atoms with Crippen molar-refractivity contribution < 1.29 is 4.73 Å². The molecule has 0 saturated heterocycles. The fourth-order valence-electron chi connectivity index (χ4n) is 1.10. The van der Waals surface area contributed by atoms with Gasteiger partial charge in [0.25, 0.3) is 5.69 Å². The molecule has 0 aromatic carbocycles. The number of nitrogens with two attached hydrogens (primary N) is 1. The van der Waals surface area contributed by atoms with E-state index < -0.39 is 0 Å². The molecule has 0 radical (unpaired) electrons. The number of nitrogens with zero attached hydrogens (tertiary/aromatic N) is 3. The lowest BCUT2D eigenvalue weighted by molar-refractivity contribution is -0.594. The van der Waals surface area contributed by atoms with Crippen LogP contribution in [0.2, 0.25) is 0 Å². The van der Waals surface area contributed by atoms with Crippen LogP contribution in [0.15, 0.2) is 36.7 Å². The SMILES string of the molecule is Nc1ccnc(-c2cccc[n+]2[O-])n1. The summed E-state index contributed by atoms with van der Waals surface area (Å²) in [6, 6.07) is 6.60. The molecule has 0 aliphatic carbocycles. The summed E-state index contributed by atoms with van der Waals surface area (Å²) in [7, 11) is 0. The Balaban J connectivity index is 2.55. The molecular weight excluding hydrogens is 180 g/mol. The monoisotopic (exact) mass is 188 g/mol. The highest BCUT2D eigenvalue weighted by Gasteiger charge is 2.09. The van der Waals surface area contributed by atoms with Crippen molar-refractivity contribution >= 4 is 5.82 Å². The van der Waals surface area contributed by atoms with Crippen LogP contribution in [0, 0.1) is 5.21 Å². The Kier molecular flexibility index (Phi) is 1.98. The van der Waals surface area contributed by atoms with Gasteiger partial charge in [0.1, 0.15) is 5.82 Å². The van der Waals surface area contributed by atoms with Crippen molar-refractivity contribution in [2.75, 3.05) is 5.73 Å². The zero-order valence-corrected chi connectivity index (χ0v) is 7.29. The third-order valence-corrected chi connectivity index (χ3v) is 1.73. The molecule has 2 heterocycles. The van der Waals surface area contributed by atoms with Gasteiger partial charge < -0.3 is 10.9 Å². The van der Waals surface area contributed by atoms with Gasteiger partial charge in [-0.25, -0.2) is 9.97 Å². The normalized spacial score (nSPS) is 10.0. The summed E-state index contributed by atoms with van der Waals surface area (Å²) in [5, 5.41) is 11.3. The van der Waals surface area contributed by atoms with Gasteiger partial charge in [-0.05, 0) is 12.1 Å². The number of rotatable bonds is 1. The predicted octanol–water partition coefficient (Wildman–Crippen LogP) is 0.359. The van der Waals surface area contributed by atoms with Crippen LogP contribution in [-0.2, 0) is 0 Å². The molecule has 2 N–H and O–H groups in total. The summed E-state index contributed by atoms with van der Waals surface area (Å²) in [5.74, 6) is 0.680. The Morgan fingerprint density at radius 1 is 1.29 bits per heavy atom. The summed E-state index contributed by atoms with van der Waals surface area (Å²) in [4.78, 5) is 7.91. The number of hydrogen-bond acceptors (Lipinski definition) is 4. The molecule has 0 spiro atoms. The van der Waals surface area contributed by atoms with Crippen LogP contribution in [0.3, 0.4) is 0 Å². The van der Waals surface area contributed by atoms with E-state index in [-0.39, 0.29) is 0 Å². The second-order valence-electron chi connectivity index (χ2n) is 2.72. The summed E-state index contributed by atoms with van der Waals surface area (Å²) in [5.41, 5.74) is 5.87. The Labute approximate surface area is 80.4 Å². The van der Waals surface area contributed by atoms with Crippen molar-refractivity contribution in [2.24, 2.45) is 0 Å². The van der Waals surface area contributed by atoms with Crippen LogP contribution in [-0.4, -0.2) is 9.97 Å². The van der Waals surface area contributed by atoms with E-state index in [1.165, 1.54) is 12.4 Å². The van der Waals surface area contributed by atoms with Crippen LogP contribution in [0.25, 0.3) is 11.5 Å². The first kappa shape index (κ1) is 8.43. The second-order valence-corrected chi connectivity index (χ2v) is 2.72. The first-order chi connectivity index (χ1) is 6.77. The molecule has 0 aliphatic heterocycles. The predicted molar refractivity (Wildman–Crippen MR) is 50.8 cm³/mol. The molecule has 70 valence electrons. The molecule has 0 amide bonds. The van der Waals surface area contributed by atoms with Crippen molar-refractivity contribution in [1.29, 1.82) is 0 Å². The van der Waals surface area contributed by atoms with Crippen LogP contribution >= 0.6 is 0 Å². The van der Waals surface area contributed by atoms with Gasteiger partial charge >= 0.3 is 0 Å². The van der Waals surface area contributed by atoms with Gasteiger partial charge in [-0.2, -0.15) is 4.73 Å². The summed E-state index contributed by atoms with van der Waals surface area (Å²) >= 11 is 0. The minimum Gasteiger partial charge on any atom is -0.618 e. The van der Waals surface area contributed by atoms with Crippen molar-refractivity contribution in [3.63, 3.8) is 0 Å². The zero-order valence-electron chi connectivity index (χ0n) is 7.29. The Morgan fingerprint density at radius 2 is 2.14 bits per heavy atom. The van der Waals surface area contributed by atoms with Gasteiger partial charge in [0.15, 0.2) is 6.20 Å². The van der Waals surface area contributed by atoms with Gasteiger partial charge in [-0.15, -0.1) is 0 Å². The fraction of sp³-hybridized carbons (Fsp3) is 0. The van der Waals surface area contributed by atoms with E-state index >= 15 is 0 Å². The van der Waals surface area contributed by atoms with E-state index in [9.17, 15) is 5.21 Å². The molecular formula is C9H8N4O. The van der Waals surface area contributed by atoms with Gasteiger partial charge in [0.05, 0.1) is 0 Å². The molecule has 2 rings (SSSR count). The molecule has 0 atom stereocenters. The van der Waals surface area contributed by atoms with Crippen LogP contribution in [0.4, 0.5) is 5.82 Å². The third kappa shape index (κ3) is 1.47. The Hall–Kier alpha value is -2.17. The average molecular weight is 188 g/mol. The number of anilines is 1. The number of pyridine rings is 1. The lowest BCUT2D eigenvalue weighted by Crippen LogP contribution is -2.28. The molecule has 0 bridgehead atoms. The van der Waals surface area contributed by atoms with Gasteiger partial charge in [0.2, 0.25) is 5.82 Å². The molecule has 14 heavy (non-hydrogen) atoms. The van der Waals surface area contributed by atoms with Crippen molar-refractivity contribution in [1.82, 2.24) is 9.97 Å². The second kappa shape index (κ2) is 3.29. The smallest absolute Gasteiger partial charge is 0.261 e. The summed E-state index contributed by atoms with van der Waals surface area (Å²) < 4.78 is 0.703. The van der Waals surface area contributed by atoms with Gasteiger partial charge in [-0.1, -0.05) is 0 Å². The van der Waals surface area contributed by atoms with Crippen LogP contribution < -0.4 is 10.5 Å². The Bertz CT molecular complexity index is 458. The van der Waals surface area contributed by atoms with Crippen LogP contribution in [0.1, 0.15) is 0 Å². The van der Waals surface area contributed by atoms with Crippen molar-refractivity contribution in [2.45, 2.75) is 0 Å². The van der Waals surface area contributed by atoms with Crippen molar-refractivity contribution in [3.8, 4) is 11.5 Å². The molecule has 0 aliphatic rings. The van der Waals surface area contributed by atoms with Crippen LogP contribution in [0.5, 0.6) is 0 Å². The quantitative estimate of drug-likeness (QED) is 0.517.